The highest BCUT2D eigenvalue weighted by Crippen LogP contribution is 2.41. The molecule has 18 heavy (non-hydrogen) atoms. The average Bonchev–Trinajstić information content (AvgIpc) is 2.52. The van der Waals surface area contributed by atoms with Crippen LogP contribution in [-0.4, -0.2) is 29.4 Å². The molecule has 98 valence electrons. The molecule has 2 heterocycles. The van der Waals surface area contributed by atoms with E-state index >= 15 is 0 Å². The van der Waals surface area contributed by atoms with E-state index in [2.05, 4.69) is 37.4 Å². The molecule has 2 aliphatic rings. The van der Waals surface area contributed by atoms with Crippen molar-refractivity contribution in [3.05, 3.63) is 35.9 Å². The molecule has 0 spiro atoms. The number of rotatable bonds is 2. The molecule has 0 radical (unpaired) electrons. The SMILES string of the molecule is C[N+]1(Cc2ccccc2)C2CCC1CC(=O)C2.Cl. The standard InChI is InChI=1S/C15H20NO.ClH/c1-16(11-12-5-3-2-4-6-12)13-7-8-14(16)10-15(17)9-13;/h2-6,13-14H,7-11H2,1H3;1H/q+1;. The smallest absolute Gasteiger partial charge is 0.144 e. The maximum atomic E-state index is 11.7. The third-order valence-corrected chi connectivity index (χ3v) is 4.79. The second-order valence-electron chi connectivity index (χ2n) is 5.82. The molecule has 3 rings (SSSR count). The molecule has 0 aromatic heterocycles. The second-order valence-corrected chi connectivity index (χ2v) is 5.82. The Labute approximate surface area is 115 Å². The number of hydrogen-bond donors (Lipinski definition) is 0. The van der Waals surface area contributed by atoms with Crippen molar-refractivity contribution < 1.29 is 9.28 Å². The molecule has 3 heteroatoms. The number of fused-ring (bicyclic) bond motifs is 2. The van der Waals surface area contributed by atoms with Gasteiger partial charge in [0.05, 0.1) is 32.0 Å². The first-order valence-corrected chi connectivity index (χ1v) is 6.59. The van der Waals surface area contributed by atoms with Crippen LogP contribution in [-0.2, 0) is 11.3 Å². The monoisotopic (exact) mass is 266 g/mol. The second kappa shape index (κ2) is 5.02. The zero-order valence-corrected chi connectivity index (χ0v) is 11.7. The molecular weight excluding hydrogens is 246 g/mol. The Bertz CT molecular complexity index is 415. The molecule has 2 atom stereocenters. The molecule has 2 fully saturated rings. The predicted octanol–water partition coefficient (Wildman–Crippen LogP) is 2.95. The number of ketones is 1. The number of benzene rings is 1. The van der Waals surface area contributed by atoms with Crippen molar-refractivity contribution in [1.82, 2.24) is 0 Å². The summed E-state index contributed by atoms with van der Waals surface area (Å²) in [4.78, 5) is 11.7. The summed E-state index contributed by atoms with van der Waals surface area (Å²) in [6.45, 7) is 1.09. The minimum Gasteiger partial charge on any atom is -0.317 e. The summed E-state index contributed by atoms with van der Waals surface area (Å²) in [6.07, 6.45) is 4.08. The molecule has 2 unspecified atom stereocenters. The van der Waals surface area contributed by atoms with E-state index in [0.29, 0.717) is 17.9 Å². The van der Waals surface area contributed by atoms with Crippen molar-refractivity contribution in [2.45, 2.75) is 44.3 Å². The van der Waals surface area contributed by atoms with Gasteiger partial charge in [0.25, 0.3) is 0 Å². The fourth-order valence-corrected chi connectivity index (χ4v) is 3.74. The zero-order valence-electron chi connectivity index (χ0n) is 10.8. The Morgan fingerprint density at radius 3 is 2.22 bits per heavy atom. The van der Waals surface area contributed by atoms with Crippen molar-refractivity contribution in [3.63, 3.8) is 0 Å². The number of carbonyl (C=O) groups excluding carboxylic acids is 1. The summed E-state index contributed by atoms with van der Waals surface area (Å²) in [5.74, 6) is 0.487. The quantitative estimate of drug-likeness (QED) is 0.753. The Morgan fingerprint density at radius 2 is 1.67 bits per heavy atom. The highest BCUT2D eigenvalue weighted by molar-refractivity contribution is 5.85. The van der Waals surface area contributed by atoms with Gasteiger partial charge in [-0.25, -0.2) is 0 Å². The van der Waals surface area contributed by atoms with Crippen molar-refractivity contribution in [1.29, 1.82) is 0 Å². The van der Waals surface area contributed by atoms with Crippen LogP contribution in [0.4, 0.5) is 0 Å². The number of carbonyl (C=O) groups is 1. The largest absolute Gasteiger partial charge is 0.317 e. The normalized spacial score (nSPS) is 34.2. The lowest BCUT2D eigenvalue weighted by Crippen LogP contribution is -2.56. The first-order valence-electron chi connectivity index (χ1n) is 6.59. The van der Waals surface area contributed by atoms with Crippen molar-refractivity contribution in [2.24, 2.45) is 0 Å². The third kappa shape index (κ3) is 2.19. The number of hydrogen-bond acceptors (Lipinski definition) is 1. The Balaban J connectivity index is 0.00000120. The van der Waals surface area contributed by atoms with Crippen LogP contribution < -0.4 is 0 Å². The Kier molecular flexibility index (Phi) is 3.79. The number of Topliss-reactive ketones (excluding diaryl/α,β-unsaturated/α-hetero) is 1. The lowest BCUT2D eigenvalue weighted by Gasteiger charge is -2.44. The highest BCUT2D eigenvalue weighted by Gasteiger charge is 2.50. The van der Waals surface area contributed by atoms with E-state index in [4.69, 9.17) is 0 Å². The first kappa shape index (κ1) is 13.6. The Hall–Kier alpha value is -0.860. The van der Waals surface area contributed by atoms with Gasteiger partial charge in [0, 0.05) is 18.4 Å². The molecule has 0 amide bonds. The van der Waals surface area contributed by atoms with E-state index < -0.39 is 0 Å². The van der Waals surface area contributed by atoms with Gasteiger partial charge >= 0.3 is 0 Å². The van der Waals surface area contributed by atoms with Crippen LogP contribution in [0.3, 0.4) is 0 Å². The number of nitrogens with zero attached hydrogens (tertiary/aromatic N) is 1. The third-order valence-electron chi connectivity index (χ3n) is 4.79. The Morgan fingerprint density at radius 1 is 1.11 bits per heavy atom. The first-order chi connectivity index (χ1) is 8.18. The summed E-state index contributed by atoms with van der Waals surface area (Å²) in [5.41, 5.74) is 1.40. The summed E-state index contributed by atoms with van der Waals surface area (Å²) in [7, 11) is 2.35. The average molecular weight is 267 g/mol. The number of quaternary nitrogens is 1. The lowest BCUT2D eigenvalue weighted by molar-refractivity contribution is -0.957. The minimum absolute atomic E-state index is 0. The van der Waals surface area contributed by atoms with Gasteiger partial charge in [-0.2, -0.15) is 0 Å². The molecule has 0 N–H and O–H groups in total. The van der Waals surface area contributed by atoms with Gasteiger partial charge in [-0.15, -0.1) is 12.4 Å². The van der Waals surface area contributed by atoms with Crippen LogP contribution >= 0.6 is 12.4 Å². The van der Waals surface area contributed by atoms with E-state index in [1.807, 2.05) is 0 Å². The lowest BCUT2D eigenvalue weighted by atomic mass is 9.97. The fraction of sp³-hybridized carbons (Fsp3) is 0.533. The van der Waals surface area contributed by atoms with Gasteiger partial charge in [0.15, 0.2) is 0 Å². The number of piperidine rings is 1. The van der Waals surface area contributed by atoms with Gasteiger partial charge in [0.2, 0.25) is 0 Å². The van der Waals surface area contributed by atoms with Crippen LogP contribution in [0, 0.1) is 0 Å². The van der Waals surface area contributed by atoms with Crippen molar-refractivity contribution in [3.8, 4) is 0 Å². The van der Waals surface area contributed by atoms with Crippen molar-refractivity contribution >= 4 is 18.2 Å². The summed E-state index contributed by atoms with van der Waals surface area (Å²) in [6, 6.07) is 11.8. The van der Waals surface area contributed by atoms with Crippen LogP contribution in [0.15, 0.2) is 30.3 Å². The molecule has 2 bridgehead atoms. The zero-order chi connectivity index (χ0) is 11.9. The maximum Gasteiger partial charge on any atom is 0.144 e. The molecular formula is C15H21ClNO+. The summed E-state index contributed by atoms with van der Waals surface area (Å²) in [5, 5.41) is 0. The van der Waals surface area contributed by atoms with Gasteiger partial charge in [-0.3, -0.25) is 4.79 Å². The maximum absolute atomic E-state index is 11.7. The molecule has 2 nitrogen and oxygen atoms in total. The highest BCUT2D eigenvalue weighted by atomic mass is 35.5. The van der Waals surface area contributed by atoms with E-state index in [1.165, 1.54) is 18.4 Å². The predicted molar refractivity (Wildman–Crippen MR) is 74.6 cm³/mol. The van der Waals surface area contributed by atoms with E-state index in [-0.39, 0.29) is 12.4 Å². The minimum atomic E-state index is 0. The topological polar surface area (TPSA) is 17.1 Å². The molecule has 2 saturated heterocycles. The van der Waals surface area contributed by atoms with Crippen LogP contribution in [0.1, 0.15) is 31.2 Å². The summed E-state index contributed by atoms with van der Waals surface area (Å²) < 4.78 is 1.09. The molecule has 0 aliphatic carbocycles. The van der Waals surface area contributed by atoms with E-state index in [1.54, 1.807) is 0 Å². The van der Waals surface area contributed by atoms with Crippen LogP contribution in [0.5, 0.6) is 0 Å². The summed E-state index contributed by atoms with van der Waals surface area (Å²) >= 11 is 0. The van der Waals surface area contributed by atoms with Gasteiger partial charge in [-0.1, -0.05) is 30.3 Å². The van der Waals surface area contributed by atoms with Crippen molar-refractivity contribution in [2.75, 3.05) is 7.05 Å². The molecule has 1 aromatic rings. The van der Waals surface area contributed by atoms with E-state index in [0.717, 1.165) is 23.9 Å². The van der Waals surface area contributed by atoms with Crippen LogP contribution in [0.2, 0.25) is 0 Å². The number of halogens is 1. The van der Waals surface area contributed by atoms with Crippen LogP contribution in [0.25, 0.3) is 0 Å². The van der Waals surface area contributed by atoms with E-state index in [9.17, 15) is 4.79 Å². The molecule has 2 aliphatic heterocycles. The van der Waals surface area contributed by atoms with Gasteiger partial charge < -0.3 is 4.48 Å². The molecule has 1 aromatic carbocycles. The fourth-order valence-electron chi connectivity index (χ4n) is 3.74. The van der Waals surface area contributed by atoms with Gasteiger partial charge in [0.1, 0.15) is 12.3 Å². The molecule has 0 saturated carbocycles. The van der Waals surface area contributed by atoms with Gasteiger partial charge in [-0.05, 0) is 0 Å².